The van der Waals surface area contributed by atoms with Crippen molar-refractivity contribution in [1.29, 1.82) is 0 Å². The molecule has 0 aliphatic carbocycles. The van der Waals surface area contributed by atoms with Crippen LogP contribution in [0, 0.1) is 0 Å². The number of hydrogen-bond acceptors (Lipinski definition) is 4. The van der Waals surface area contributed by atoms with Gasteiger partial charge in [0, 0.05) is 44.7 Å². The van der Waals surface area contributed by atoms with Gasteiger partial charge in [0.15, 0.2) is 0 Å². The fourth-order valence-corrected chi connectivity index (χ4v) is 2.95. The highest BCUT2D eigenvalue weighted by atomic mass is 16.6. The molecule has 6 nitrogen and oxygen atoms in total. The van der Waals surface area contributed by atoms with Gasteiger partial charge in [-0.2, -0.15) is 0 Å². The van der Waals surface area contributed by atoms with Crippen LogP contribution in [0.4, 0.5) is 4.79 Å². The number of rotatable bonds is 2. The molecule has 2 aliphatic rings. The van der Waals surface area contributed by atoms with E-state index in [1.54, 1.807) is 4.90 Å². The number of hydrogen-bond donors (Lipinski definition) is 1. The van der Waals surface area contributed by atoms with Gasteiger partial charge in [-0.25, -0.2) is 4.79 Å². The van der Waals surface area contributed by atoms with Gasteiger partial charge >= 0.3 is 6.09 Å². The van der Waals surface area contributed by atoms with Crippen LogP contribution >= 0.6 is 0 Å². The second-order valence-corrected chi connectivity index (χ2v) is 7.38. The number of nitrogens with one attached hydrogen (secondary N) is 1. The van der Waals surface area contributed by atoms with Crippen molar-refractivity contribution in [3.05, 3.63) is 0 Å². The van der Waals surface area contributed by atoms with Crippen molar-refractivity contribution in [3.8, 4) is 0 Å². The summed E-state index contributed by atoms with van der Waals surface area (Å²) in [6, 6.07) is 0.217. The van der Waals surface area contributed by atoms with E-state index in [0.29, 0.717) is 19.5 Å². The van der Waals surface area contributed by atoms with Crippen molar-refractivity contribution in [3.63, 3.8) is 0 Å². The zero-order valence-corrected chi connectivity index (χ0v) is 14.2. The Balaban J connectivity index is 1.92. The maximum atomic E-state index is 12.3. The molecule has 2 saturated heterocycles. The molecular weight excluding hydrogens is 282 g/mol. The third kappa shape index (κ3) is 4.60. The summed E-state index contributed by atoms with van der Waals surface area (Å²) in [5, 5.41) is 3.44. The number of nitrogens with zero attached hydrogens (tertiary/aromatic N) is 2. The minimum Gasteiger partial charge on any atom is -0.444 e. The highest BCUT2D eigenvalue weighted by molar-refractivity contribution is 5.76. The molecule has 2 amide bonds. The predicted octanol–water partition coefficient (Wildman–Crippen LogP) is 1.60. The minimum atomic E-state index is -0.486. The number of amides is 2. The van der Waals surface area contributed by atoms with Crippen molar-refractivity contribution >= 4 is 12.0 Å². The van der Waals surface area contributed by atoms with Gasteiger partial charge in [0.05, 0.1) is 0 Å². The van der Waals surface area contributed by atoms with Gasteiger partial charge < -0.3 is 19.9 Å². The van der Waals surface area contributed by atoms with Crippen molar-refractivity contribution in [1.82, 2.24) is 15.1 Å². The van der Waals surface area contributed by atoms with E-state index in [1.807, 2.05) is 32.6 Å². The van der Waals surface area contributed by atoms with E-state index in [9.17, 15) is 9.59 Å². The molecule has 6 heteroatoms. The molecule has 0 unspecified atom stereocenters. The Bertz CT molecular complexity index is 419. The van der Waals surface area contributed by atoms with Gasteiger partial charge in [-0.3, -0.25) is 4.79 Å². The molecule has 2 heterocycles. The summed E-state index contributed by atoms with van der Waals surface area (Å²) in [6.07, 6.45) is 2.45. The van der Waals surface area contributed by atoms with E-state index in [1.165, 1.54) is 0 Å². The first-order valence-electron chi connectivity index (χ1n) is 8.27. The monoisotopic (exact) mass is 311 g/mol. The number of ether oxygens (including phenoxy) is 1. The largest absolute Gasteiger partial charge is 0.444 e. The van der Waals surface area contributed by atoms with Gasteiger partial charge in [0.25, 0.3) is 0 Å². The first kappa shape index (κ1) is 17.1. The molecule has 2 fully saturated rings. The van der Waals surface area contributed by atoms with E-state index in [2.05, 4.69) is 5.32 Å². The Morgan fingerprint density at radius 1 is 1.36 bits per heavy atom. The van der Waals surface area contributed by atoms with E-state index >= 15 is 0 Å². The molecule has 1 N–H and O–H groups in total. The van der Waals surface area contributed by atoms with Crippen molar-refractivity contribution < 1.29 is 14.3 Å². The predicted molar refractivity (Wildman–Crippen MR) is 84.6 cm³/mol. The average Bonchev–Trinajstić information content (AvgIpc) is 2.41. The lowest BCUT2D eigenvalue weighted by atomic mass is 10.1. The van der Waals surface area contributed by atoms with E-state index in [-0.39, 0.29) is 24.1 Å². The molecule has 0 saturated carbocycles. The van der Waals surface area contributed by atoms with Crippen LogP contribution in [-0.2, 0) is 9.53 Å². The Morgan fingerprint density at radius 2 is 2.09 bits per heavy atom. The molecule has 0 aromatic carbocycles. The first-order chi connectivity index (χ1) is 10.3. The third-order valence-electron chi connectivity index (χ3n) is 4.14. The summed E-state index contributed by atoms with van der Waals surface area (Å²) in [5.41, 5.74) is -0.486. The normalized spacial score (nSPS) is 27.0. The molecular formula is C16H29N3O3. The van der Waals surface area contributed by atoms with Crippen LogP contribution in [0.15, 0.2) is 0 Å². The zero-order chi connectivity index (χ0) is 16.3. The fourth-order valence-electron chi connectivity index (χ4n) is 2.95. The molecule has 0 aromatic heterocycles. The first-order valence-corrected chi connectivity index (χ1v) is 8.27. The molecule has 2 rings (SSSR count). The van der Waals surface area contributed by atoms with Gasteiger partial charge in [0.2, 0.25) is 5.91 Å². The van der Waals surface area contributed by atoms with Crippen molar-refractivity contribution in [2.24, 2.45) is 0 Å². The zero-order valence-electron chi connectivity index (χ0n) is 14.2. The quantitative estimate of drug-likeness (QED) is 0.841. The molecule has 22 heavy (non-hydrogen) atoms. The lowest BCUT2D eigenvalue weighted by Gasteiger charge is -2.41. The molecule has 0 aromatic rings. The van der Waals surface area contributed by atoms with Crippen LogP contribution in [0.2, 0.25) is 0 Å². The second kappa shape index (κ2) is 6.86. The average molecular weight is 311 g/mol. The number of piperazine rings is 1. The molecule has 0 bridgehead atoms. The van der Waals surface area contributed by atoms with Crippen LogP contribution in [0.5, 0.6) is 0 Å². The SMILES string of the molecule is C[C@@H]1CN[C@@H](CN2CCCCC2=O)CN1C(=O)OC(C)(C)C. The lowest BCUT2D eigenvalue weighted by Crippen LogP contribution is -2.61. The minimum absolute atomic E-state index is 0.100. The van der Waals surface area contributed by atoms with Crippen LogP contribution in [-0.4, -0.2) is 65.7 Å². The Kier molecular flexibility index (Phi) is 5.32. The maximum Gasteiger partial charge on any atom is 0.410 e. The number of likely N-dealkylation sites (tertiary alicyclic amines) is 1. The van der Waals surface area contributed by atoms with Gasteiger partial charge in [0.1, 0.15) is 5.60 Å². The van der Waals surface area contributed by atoms with Crippen molar-refractivity contribution in [2.75, 3.05) is 26.2 Å². The molecule has 2 atom stereocenters. The molecule has 0 spiro atoms. The Labute approximate surface area is 133 Å². The number of carbonyl (C=O) groups excluding carboxylic acids is 2. The standard InChI is InChI=1S/C16H29N3O3/c1-12-9-17-13(10-18-8-6-5-7-14(18)20)11-19(12)15(21)22-16(2,3)4/h12-13,17H,5-11H2,1-4H3/t12-,13+/m1/s1. The maximum absolute atomic E-state index is 12.3. The van der Waals surface area contributed by atoms with Crippen LogP contribution in [0.25, 0.3) is 0 Å². The summed E-state index contributed by atoms with van der Waals surface area (Å²) in [6.45, 7) is 10.5. The summed E-state index contributed by atoms with van der Waals surface area (Å²) in [5.74, 6) is 0.232. The van der Waals surface area contributed by atoms with Gasteiger partial charge in [-0.05, 0) is 40.5 Å². The number of carbonyl (C=O) groups is 2. The lowest BCUT2D eigenvalue weighted by molar-refractivity contribution is -0.133. The Hall–Kier alpha value is -1.30. The van der Waals surface area contributed by atoms with E-state index in [4.69, 9.17) is 4.74 Å². The molecule has 0 radical (unpaired) electrons. The fraction of sp³-hybridized carbons (Fsp3) is 0.875. The number of piperidine rings is 1. The Morgan fingerprint density at radius 3 is 2.73 bits per heavy atom. The molecule has 126 valence electrons. The van der Waals surface area contributed by atoms with Gasteiger partial charge in [-0.1, -0.05) is 0 Å². The van der Waals surface area contributed by atoms with Crippen LogP contribution in [0.3, 0.4) is 0 Å². The highest BCUT2D eigenvalue weighted by Gasteiger charge is 2.33. The summed E-state index contributed by atoms with van der Waals surface area (Å²) in [7, 11) is 0. The van der Waals surface area contributed by atoms with Crippen LogP contribution < -0.4 is 5.32 Å². The summed E-state index contributed by atoms with van der Waals surface area (Å²) < 4.78 is 5.49. The van der Waals surface area contributed by atoms with E-state index in [0.717, 1.165) is 25.9 Å². The van der Waals surface area contributed by atoms with Crippen LogP contribution in [0.1, 0.15) is 47.0 Å². The van der Waals surface area contributed by atoms with Gasteiger partial charge in [-0.15, -0.1) is 0 Å². The smallest absolute Gasteiger partial charge is 0.410 e. The van der Waals surface area contributed by atoms with E-state index < -0.39 is 5.60 Å². The molecule has 2 aliphatic heterocycles. The third-order valence-corrected chi connectivity index (χ3v) is 4.14. The van der Waals surface area contributed by atoms with Crippen molar-refractivity contribution in [2.45, 2.75) is 64.6 Å². The summed E-state index contributed by atoms with van der Waals surface area (Å²) in [4.78, 5) is 27.9. The second-order valence-electron chi connectivity index (χ2n) is 7.38. The summed E-state index contributed by atoms with van der Waals surface area (Å²) >= 11 is 0. The highest BCUT2D eigenvalue weighted by Crippen LogP contribution is 2.16. The topological polar surface area (TPSA) is 61.9 Å².